The van der Waals surface area contributed by atoms with Crippen molar-refractivity contribution in [2.45, 2.75) is 42.7 Å². The van der Waals surface area contributed by atoms with Crippen molar-refractivity contribution in [3.63, 3.8) is 0 Å². The van der Waals surface area contributed by atoms with E-state index in [0.717, 1.165) is 24.9 Å². The van der Waals surface area contributed by atoms with Crippen molar-refractivity contribution in [3.05, 3.63) is 59.9 Å². The number of benzene rings is 2. The highest BCUT2D eigenvalue weighted by molar-refractivity contribution is 7.99. The second-order valence-corrected chi connectivity index (χ2v) is 11.7. The molecule has 1 N–H and O–H groups in total. The molecular weight excluding hydrogens is 526 g/mol. The molecule has 1 amide bonds. The summed E-state index contributed by atoms with van der Waals surface area (Å²) in [7, 11) is -1.98. The van der Waals surface area contributed by atoms with E-state index in [0.29, 0.717) is 48.3 Å². The number of nitrogens with zero attached hydrogens (tertiary/aromatic N) is 4. The van der Waals surface area contributed by atoms with Crippen molar-refractivity contribution in [1.29, 1.82) is 0 Å². The topological polar surface area (TPSA) is 123 Å². The van der Waals surface area contributed by atoms with Crippen LogP contribution in [0.25, 0.3) is 5.69 Å². The van der Waals surface area contributed by atoms with E-state index in [2.05, 4.69) is 15.5 Å². The second kappa shape index (κ2) is 12.5. The van der Waals surface area contributed by atoms with Gasteiger partial charge < -0.3 is 10.1 Å². The summed E-state index contributed by atoms with van der Waals surface area (Å²) in [5, 5.41) is 11.9. The molecule has 12 heteroatoms. The summed E-state index contributed by atoms with van der Waals surface area (Å²) >= 11 is 1.23. The molecule has 1 aliphatic rings. The van der Waals surface area contributed by atoms with Gasteiger partial charge in [-0.25, -0.2) is 8.42 Å². The van der Waals surface area contributed by atoms with Crippen LogP contribution in [-0.2, 0) is 21.2 Å². The smallest absolute Gasteiger partial charge is 0.243 e. The molecule has 2 aromatic carbocycles. The summed E-state index contributed by atoms with van der Waals surface area (Å²) < 4.78 is 34.7. The Kier molecular flexibility index (Phi) is 9.18. The Morgan fingerprint density at radius 1 is 1.03 bits per heavy atom. The SMILES string of the molecule is COc1ccccc1-n1c(CCNC(C)=O)nnc1SCC(=O)c1ccc(S(=O)(=O)N2CCCCC2)cc1. The predicted molar refractivity (Wildman–Crippen MR) is 144 cm³/mol. The molecule has 2 heterocycles. The summed E-state index contributed by atoms with van der Waals surface area (Å²) in [4.78, 5) is 24.5. The molecule has 4 rings (SSSR count). The van der Waals surface area contributed by atoms with Gasteiger partial charge in [-0.2, -0.15) is 4.31 Å². The lowest BCUT2D eigenvalue weighted by atomic mass is 10.1. The average Bonchev–Trinajstić information content (AvgIpc) is 3.34. The van der Waals surface area contributed by atoms with E-state index in [1.165, 1.54) is 35.1 Å². The van der Waals surface area contributed by atoms with Gasteiger partial charge in [0.1, 0.15) is 11.6 Å². The van der Waals surface area contributed by atoms with Crippen LogP contribution < -0.4 is 10.1 Å². The molecule has 0 spiro atoms. The van der Waals surface area contributed by atoms with Crippen molar-refractivity contribution < 1.29 is 22.7 Å². The highest BCUT2D eigenvalue weighted by Gasteiger charge is 2.26. The van der Waals surface area contributed by atoms with Gasteiger partial charge in [0.2, 0.25) is 15.9 Å². The number of thioether (sulfide) groups is 1. The van der Waals surface area contributed by atoms with E-state index in [1.54, 1.807) is 19.2 Å². The number of hydrogen-bond donors (Lipinski definition) is 1. The van der Waals surface area contributed by atoms with Crippen LogP contribution in [0.5, 0.6) is 5.75 Å². The number of ether oxygens (including phenoxy) is 1. The molecule has 0 unspecified atom stereocenters. The fourth-order valence-electron chi connectivity index (χ4n) is 4.24. The van der Waals surface area contributed by atoms with Crippen LogP contribution in [0.15, 0.2) is 58.6 Å². The zero-order chi connectivity index (χ0) is 27.1. The van der Waals surface area contributed by atoms with Gasteiger partial charge in [-0.05, 0) is 37.1 Å². The Bertz CT molecular complexity index is 1380. The highest BCUT2D eigenvalue weighted by atomic mass is 32.2. The zero-order valence-electron chi connectivity index (χ0n) is 21.4. The first-order valence-electron chi connectivity index (χ1n) is 12.4. The molecule has 0 bridgehead atoms. The minimum atomic E-state index is -3.56. The number of methoxy groups -OCH3 is 1. The van der Waals surface area contributed by atoms with E-state index in [4.69, 9.17) is 4.74 Å². The van der Waals surface area contributed by atoms with Crippen LogP contribution in [-0.4, -0.2) is 71.7 Å². The quantitative estimate of drug-likeness (QED) is 0.282. The van der Waals surface area contributed by atoms with Crippen LogP contribution >= 0.6 is 11.8 Å². The summed E-state index contributed by atoms with van der Waals surface area (Å²) in [6.45, 7) is 2.89. The number of para-hydroxylation sites is 2. The van der Waals surface area contributed by atoms with Gasteiger partial charge in [-0.3, -0.25) is 14.2 Å². The molecule has 1 aromatic heterocycles. The fraction of sp³-hybridized carbons (Fsp3) is 0.385. The monoisotopic (exact) mass is 557 g/mol. The van der Waals surface area contributed by atoms with Gasteiger partial charge in [-0.15, -0.1) is 10.2 Å². The molecule has 10 nitrogen and oxygen atoms in total. The third-order valence-corrected chi connectivity index (χ3v) is 9.05. The van der Waals surface area contributed by atoms with Gasteiger partial charge in [0, 0.05) is 38.5 Å². The van der Waals surface area contributed by atoms with Crippen molar-refractivity contribution in [2.24, 2.45) is 0 Å². The molecule has 38 heavy (non-hydrogen) atoms. The predicted octanol–water partition coefficient (Wildman–Crippen LogP) is 3.10. The van der Waals surface area contributed by atoms with E-state index < -0.39 is 10.0 Å². The van der Waals surface area contributed by atoms with Crippen LogP contribution in [0.4, 0.5) is 0 Å². The molecular formula is C26H31N5O5S2. The number of nitrogens with one attached hydrogen (secondary N) is 1. The number of aromatic nitrogens is 3. The molecule has 0 aliphatic carbocycles. The van der Waals surface area contributed by atoms with Crippen LogP contribution in [0.1, 0.15) is 42.4 Å². The van der Waals surface area contributed by atoms with Crippen molar-refractivity contribution in [1.82, 2.24) is 24.4 Å². The first-order valence-corrected chi connectivity index (χ1v) is 14.8. The number of rotatable bonds is 11. The first-order chi connectivity index (χ1) is 18.3. The zero-order valence-corrected chi connectivity index (χ0v) is 23.1. The van der Waals surface area contributed by atoms with E-state index in [-0.39, 0.29) is 22.3 Å². The van der Waals surface area contributed by atoms with Crippen LogP contribution in [0.3, 0.4) is 0 Å². The van der Waals surface area contributed by atoms with Gasteiger partial charge >= 0.3 is 0 Å². The lowest BCUT2D eigenvalue weighted by Gasteiger charge is -2.25. The number of hydrogen-bond acceptors (Lipinski definition) is 8. The van der Waals surface area contributed by atoms with E-state index in [1.807, 2.05) is 28.8 Å². The maximum Gasteiger partial charge on any atom is 0.243 e. The van der Waals surface area contributed by atoms with Crippen molar-refractivity contribution in [2.75, 3.05) is 32.5 Å². The minimum absolute atomic E-state index is 0.0806. The molecule has 1 fully saturated rings. The molecule has 202 valence electrons. The van der Waals surface area contributed by atoms with Crippen LogP contribution in [0.2, 0.25) is 0 Å². The third-order valence-electron chi connectivity index (χ3n) is 6.21. The van der Waals surface area contributed by atoms with Crippen molar-refractivity contribution >= 4 is 33.5 Å². The van der Waals surface area contributed by atoms with Gasteiger partial charge in [0.05, 0.1) is 23.4 Å². The lowest BCUT2D eigenvalue weighted by molar-refractivity contribution is -0.118. The minimum Gasteiger partial charge on any atom is -0.495 e. The molecule has 0 radical (unpaired) electrons. The number of amides is 1. The van der Waals surface area contributed by atoms with Crippen molar-refractivity contribution in [3.8, 4) is 11.4 Å². The largest absolute Gasteiger partial charge is 0.495 e. The van der Waals surface area contributed by atoms with Crippen LogP contribution in [0, 0.1) is 0 Å². The molecule has 0 saturated carbocycles. The second-order valence-electron chi connectivity index (χ2n) is 8.84. The van der Waals surface area contributed by atoms with Gasteiger partial charge in [0.25, 0.3) is 0 Å². The fourth-order valence-corrected chi connectivity index (χ4v) is 6.62. The maximum atomic E-state index is 13.0. The number of ketones is 1. The average molecular weight is 558 g/mol. The summed E-state index contributed by atoms with van der Waals surface area (Å²) in [6, 6.07) is 13.5. The van der Waals surface area contributed by atoms with E-state index in [9.17, 15) is 18.0 Å². The number of piperidine rings is 1. The Hall–Kier alpha value is -3.22. The molecule has 1 aliphatic heterocycles. The Morgan fingerprint density at radius 2 is 1.74 bits per heavy atom. The molecule has 1 saturated heterocycles. The Morgan fingerprint density at radius 3 is 2.42 bits per heavy atom. The standard InChI is InChI=1S/C26H31N5O5S2/c1-19(32)27-15-14-25-28-29-26(31(25)22-8-4-5-9-24(22)36-2)37-18-23(33)20-10-12-21(13-11-20)38(34,35)30-16-6-3-7-17-30/h4-5,8-13H,3,6-7,14-18H2,1-2H3,(H,27,32). The Balaban J connectivity index is 1.50. The third kappa shape index (κ3) is 6.43. The number of carbonyl (C=O) groups is 2. The van der Waals surface area contributed by atoms with E-state index >= 15 is 0 Å². The number of Topliss-reactive ketones (excluding diaryl/α,β-unsaturated/α-hetero) is 1. The Labute approximate surface area is 226 Å². The maximum absolute atomic E-state index is 13.0. The number of carbonyl (C=O) groups excluding carboxylic acids is 2. The summed E-state index contributed by atoms with van der Waals surface area (Å²) in [5.74, 6) is 1.02. The number of sulfonamides is 1. The van der Waals surface area contributed by atoms with Gasteiger partial charge in [0.15, 0.2) is 10.9 Å². The first kappa shape index (κ1) is 27.8. The summed E-state index contributed by atoms with van der Waals surface area (Å²) in [5.41, 5.74) is 1.14. The highest BCUT2D eigenvalue weighted by Crippen LogP contribution is 2.29. The van der Waals surface area contributed by atoms with Gasteiger partial charge in [-0.1, -0.05) is 42.4 Å². The lowest BCUT2D eigenvalue weighted by Crippen LogP contribution is -2.35. The molecule has 0 atom stereocenters. The molecule has 3 aromatic rings. The normalized spacial score (nSPS) is 14.3. The summed E-state index contributed by atoms with van der Waals surface area (Å²) in [6.07, 6.45) is 3.20.